The Hall–Kier alpha value is -2.38. The van der Waals surface area contributed by atoms with Gasteiger partial charge in [-0.1, -0.05) is 30.3 Å². The van der Waals surface area contributed by atoms with Crippen molar-refractivity contribution in [3.05, 3.63) is 65.2 Å². The molecule has 0 saturated heterocycles. The number of hydrogen-bond acceptors (Lipinski definition) is 5. The number of esters is 1. The van der Waals surface area contributed by atoms with Crippen LogP contribution in [0.15, 0.2) is 48.5 Å². The molecule has 0 unspecified atom stereocenters. The van der Waals surface area contributed by atoms with E-state index in [0.29, 0.717) is 16.9 Å². The van der Waals surface area contributed by atoms with Crippen LogP contribution in [-0.4, -0.2) is 28.6 Å². The highest BCUT2D eigenvalue weighted by Gasteiger charge is 2.19. The molecule has 2 aromatic rings. The molecule has 7 heteroatoms. The van der Waals surface area contributed by atoms with Crippen LogP contribution in [0.25, 0.3) is 0 Å². The molecule has 6 nitrogen and oxygen atoms in total. The average Bonchev–Trinajstić information content (AvgIpc) is 2.60. The highest BCUT2D eigenvalue weighted by Crippen LogP contribution is 2.25. The predicted octanol–water partition coefficient (Wildman–Crippen LogP) is 2.66. The van der Waals surface area contributed by atoms with Crippen molar-refractivity contribution in [2.75, 3.05) is 14.2 Å². The van der Waals surface area contributed by atoms with E-state index in [0.717, 1.165) is 5.56 Å². The third-order valence-electron chi connectivity index (χ3n) is 3.69. The molecule has 0 bridgehead atoms. The van der Waals surface area contributed by atoms with E-state index >= 15 is 0 Å². The summed E-state index contributed by atoms with van der Waals surface area (Å²) in [5, 5.41) is 0. The molecule has 0 aliphatic heterocycles. The molecule has 0 spiro atoms. The van der Waals surface area contributed by atoms with Crippen LogP contribution in [0.4, 0.5) is 0 Å². The molecule has 0 fully saturated rings. The Morgan fingerprint density at radius 1 is 1.08 bits per heavy atom. The van der Waals surface area contributed by atoms with Crippen LogP contribution >= 0.6 is 0 Å². The Morgan fingerprint density at radius 2 is 1.72 bits per heavy atom. The summed E-state index contributed by atoms with van der Waals surface area (Å²) in [6, 6.07) is 13.1. The minimum atomic E-state index is -3.57. The first kappa shape index (κ1) is 19.0. The second-order valence-electron chi connectivity index (χ2n) is 5.53. The minimum absolute atomic E-state index is 0.187. The summed E-state index contributed by atoms with van der Waals surface area (Å²) in [7, 11) is -0.727. The topological polar surface area (TPSA) is 81.7 Å². The molecule has 0 aliphatic rings. The Bertz CT molecular complexity index is 831. The lowest BCUT2D eigenvalue weighted by molar-refractivity contribution is 0.0600. The van der Waals surface area contributed by atoms with Gasteiger partial charge in [-0.05, 0) is 30.7 Å². The molecule has 25 heavy (non-hydrogen) atoms. The maximum Gasteiger partial charge on any atom is 0.337 e. The molecule has 1 atom stereocenters. The van der Waals surface area contributed by atoms with Crippen LogP contribution in [0, 0.1) is 0 Å². The van der Waals surface area contributed by atoms with Gasteiger partial charge in [0.2, 0.25) is 10.0 Å². The number of para-hydroxylation sites is 1. The zero-order chi connectivity index (χ0) is 18.4. The van der Waals surface area contributed by atoms with Crippen molar-refractivity contribution >= 4 is 16.0 Å². The number of nitrogens with one attached hydrogen (secondary N) is 1. The highest BCUT2D eigenvalue weighted by atomic mass is 32.2. The molecule has 134 valence electrons. The molecule has 0 aliphatic carbocycles. The van der Waals surface area contributed by atoms with E-state index in [-0.39, 0.29) is 5.75 Å². The van der Waals surface area contributed by atoms with Crippen molar-refractivity contribution in [2.45, 2.75) is 18.7 Å². The third kappa shape index (κ3) is 5.04. The second kappa shape index (κ2) is 8.13. The van der Waals surface area contributed by atoms with Crippen LogP contribution in [0.1, 0.15) is 34.5 Å². The van der Waals surface area contributed by atoms with Crippen LogP contribution in [0.2, 0.25) is 0 Å². The molecule has 1 N–H and O–H groups in total. The summed E-state index contributed by atoms with van der Waals surface area (Å²) < 4.78 is 37.4. The fourth-order valence-corrected chi connectivity index (χ4v) is 3.85. The molecule has 0 aromatic heterocycles. The van der Waals surface area contributed by atoms with E-state index in [1.54, 1.807) is 44.4 Å². The van der Waals surface area contributed by atoms with Gasteiger partial charge in [-0.2, -0.15) is 0 Å². The molecule has 2 rings (SSSR count). The Morgan fingerprint density at radius 3 is 2.32 bits per heavy atom. The summed E-state index contributed by atoms with van der Waals surface area (Å²) in [4.78, 5) is 11.4. The summed E-state index contributed by atoms with van der Waals surface area (Å²) in [6.07, 6.45) is 0. The van der Waals surface area contributed by atoms with E-state index < -0.39 is 22.0 Å². The van der Waals surface area contributed by atoms with Gasteiger partial charge in [0.25, 0.3) is 0 Å². The van der Waals surface area contributed by atoms with Crippen molar-refractivity contribution < 1.29 is 22.7 Å². The predicted molar refractivity (Wildman–Crippen MR) is 95.0 cm³/mol. The lowest BCUT2D eigenvalue weighted by Crippen LogP contribution is -2.28. The lowest BCUT2D eigenvalue weighted by atomic mass is 10.1. The first-order valence-corrected chi connectivity index (χ1v) is 9.31. The first-order chi connectivity index (χ1) is 11.9. The quantitative estimate of drug-likeness (QED) is 0.765. The van der Waals surface area contributed by atoms with Crippen molar-refractivity contribution in [3.8, 4) is 5.75 Å². The summed E-state index contributed by atoms with van der Waals surface area (Å²) in [5.74, 6) is -0.0223. The van der Waals surface area contributed by atoms with E-state index in [9.17, 15) is 13.2 Å². The van der Waals surface area contributed by atoms with Gasteiger partial charge in [0.1, 0.15) is 5.75 Å². The van der Waals surface area contributed by atoms with E-state index in [2.05, 4.69) is 9.46 Å². The number of carbonyl (C=O) groups is 1. The number of carbonyl (C=O) groups excluding carboxylic acids is 1. The van der Waals surface area contributed by atoms with Gasteiger partial charge in [0.05, 0.1) is 25.5 Å². The van der Waals surface area contributed by atoms with Crippen molar-refractivity contribution in [1.29, 1.82) is 0 Å². The van der Waals surface area contributed by atoms with Crippen molar-refractivity contribution in [1.82, 2.24) is 4.72 Å². The molecule has 0 amide bonds. The summed E-state index contributed by atoms with van der Waals surface area (Å²) in [5.41, 5.74) is 1.71. The minimum Gasteiger partial charge on any atom is -0.496 e. The van der Waals surface area contributed by atoms with E-state index in [1.165, 1.54) is 7.11 Å². The number of hydrogen-bond donors (Lipinski definition) is 1. The van der Waals surface area contributed by atoms with Crippen LogP contribution in [-0.2, 0) is 20.5 Å². The highest BCUT2D eigenvalue weighted by molar-refractivity contribution is 7.88. The zero-order valence-corrected chi connectivity index (χ0v) is 15.2. The van der Waals surface area contributed by atoms with Crippen molar-refractivity contribution in [3.63, 3.8) is 0 Å². The molecular weight excluding hydrogens is 342 g/mol. The van der Waals surface area contributed by atoms with Gasteiger partial charge >= 0.3 is 5.97 Å². The van der Waals surface area contributed by atoms with Gasteiger partial charge in [-0.3, -0.25) is 0 Å². The second-order valence-corrected chi connectivity index (χ2v) is 7.28. The van der Waals surface area contributed by atoms with Crippen LogP contribution in [0.3, 0.4) is 0 Å². The number of sulfonamides is 1. The SMILES string of the molecule is COC(=O)c1ccc(CS(=O)(=O)N[C@H](C)c2ccccc2OC)cc1. The van der Waals surface area contributed by atoms with Gasteiger partial charge in [0, 0.05) is 11.6 Å². The molecule has 0 heterocycles. The number of rotatable bonds is 7. The number of benzene rings is 2. The molecular formula is C18H21NO5S. The Kier molecular flexibility index (Phi) is 6.17. The van der Waals surface area contributed by atoms with Gasteiger partial charge < -0.3 is 9.47 Å². The first-order valence-electron chi connectivity index (χ1n) is 7.66. The Labute approximate surface area is 147 Å². The monoisotopic (exact) mass is 363 g/mol. The molecule has 2 aromatic carbocycles. The third-order valence-corrected chi connectivity index (χ3v) is 5.12. The van der Waals surface area contributed by atoms with Gasteiger partial charge in [-0.25, -0.2) is 17.9 Å². The van der Waals surface area contributed by atoms with E-state index in [4.69, 9.17) is 4.74 Å². The molecule has 0 radical (unpaired) electrons. The van der Waals surface area contributed by atoms with Gasteiger partial charge in [-0.15, -0.1) is 0 Å². The number of ether oxygens (including phenoxy) is 2. The largest absolute Gasteiger partial charge is 0.496 e. The van der Waals surface area contributed by atoms with Crippen molar-refractivity contribution in [2.24, 2.45) is 0 Å². The standard InChI is InChI=1S/C18H21NO5S/c1-13(16-6-4-5-7-17(16)23-2)19-25(21,22)12-14-8-10-15(11-9-14)18(20)24-3/h4-11,13,19H,12H2,1-3H3/t13-/m1/s1. The Balaban J connectivity index is 2.10. The van der Waals surface area contributed by atoms with Gasteiger partial charge in [0.15, 0.2) is 0 Å². The smallest absolute Gasteiger partial charge is 0.337 e. The fourth-order valence-electron chi connectivity index (χ4n) is 2.47. The maximum absolute atomic E-state index is 12.4. The number of methoxy groups -OCH3 is 2. The lowest BCUT2D eigenvalue weighted by Gasteiger charge is -2.17. The van der Waals surface area contributed by atoms with Crippen LogP contribution in [0.5, 0.6) is 5.75 Å². The fraction of sp³-hybridized carbons (Fsp3) is 0.278. The molecule has 0 saturated carbocycles. The summed E-state index contributed by atoms with van der Waals surface area (Å²) in [6.45, 7) is 1.76. The normalized spacial score (nSPS) is 12.4. The summed E-state index contributed by atoms with van der Waals surface area (Å²) >= 11 is 0. The maximum atomic E-state index is 12.4. The average molecular weight is 363 g/mol. The van der Waals surface area contributed by atoms with Crippen LogP contribution < -0.4 is 9.46 Å². The van der Waals surface area contributed by atoms with E-state index in [1.807, 2.05) is 18.2 Å². The zero-order valence-electron chi connectivity index (χ0n) is 14.4.